The molecule has 0 aliphatic carbocycles. The Bertz CT molecular complexity index is 668. The van der Waals surface area contributed by atoms with Crippen molar-refractivity contribution in [1.82, 2.24) is 10.3 Å². The van der Waals surface area contributed by atoms with Crippen molar-refractivity contribution in [3.63, 3.8) is 0 Å². The molecule has 0 atom stereocenters. The first-order chi connectivity index (χ1) is 11.0. The first-order valence-corrected chi connectivity index (χ1v) is 8.52. The van der Waals surface area contributed by atoms with Crippen LogP contribution in [-0.2, 0) is 0 Å². The maximum Gasteiger partial charge on any atom is 0.252 e. The molecule has 0 saturated heterocycles. The van der Waals surface area contributed by atoms with Crippen LogP contribution in [0.1, 0.15) is 36.2 Å². The molecule has 0 unspecified atom stereocenters. The smallest absolute Gasteiger partial charge is 0.252 e. The summed E-state index contributed by atoms with van der Waals surface area (Å²) in [5.41, 5.74) is 2.70. The van der Waals surface area contributed by atoms with Gasteiger partial charge < -0.3 is 10.6 Å². The van der Waals surface area contributed by atoms with E-state index in [4.69, 9.17) is 0 Å². The molecule has 1 aromatic heterocycles. The SMILES string of the molecule is Cc1ccc(Nc2ccc(C(=O)NCCC(C)C)cn2)c(Br)c1. The molecule has 4 nitrogen and oxygen atoms in total. The number of amides is 1. The van der Waals surface area contributed by atoms with Crippen molar-refractivity contribution in [3.05, 3.63) is 52.1 Å². The molecule has 0 fully saturated rings. The minimum Gasteiger partial charge on any atom is -0.352 e. The molecule has 2 N–H and O–H groups in total. The predicted octanol–water partition coefficient (Wildman–Crippen LogP) is 4.67. The quantitative estimate of drug-likeness (QED) is 0.770. The van der Waals surface area contributed by atoms with Crippen LogP contribution >= 0.6 is 15.9 Å². The van der Waals surface area contributed by atoms with E-state index in [0.29, 0.717) is 23.8 Å². The Labute approximate surface area is 145 Å². The van der Waals surface area contributed by atoms with Crippen LogP contribution in [0.4, 0.5) is 11.5 Å². The van der Waals surface area contributed by atoms with Gasteiger partial charge in [-0.05, 0) is 65.0 Å². The van der Waals surface area contributed by atoms with Crippen molar-refractivity contribution in [1.29, 1.82) is 0 Å². The Hall–Kier alpha value is -1.88. The standard InChI is InChI=1S/C18H22BrN3O/c1-12(2)8-9-20-18(23)14-5-7-17(21-11-14)22-16-6-4-13(3)10-15(16)19/h4-7,10-12H,8-9H2,1-3H3,(H,20,23)(H,21,22). The minimum atomic E-state index is -0.0822. The van der Waals surface area contributed by atoms with Crippen LogP contribution in [0.25, 0.3) is 0 Å². The van der Waals surface area contributed by atoms with Gasteiger partial charge in [-0.25, -0.2) is 4.98 Å². The van der Waals surface area contributed by atoms with E-state index in [1.807, 2.05) is 31.2 Å². The lowest BCUT2D eigenvalue weighted by molar-refractivity contribution is 0.0951. The summed E-state index contributed by atoms with van der Waals surface area (Å²) < 4.78 is 0.981. The topological polar surface area (TPSA) is 54.0 Å². The van der Waals surface area contributed by atoms with Gasteiger partial charge in [-0.1, -0.05) is 19.9 Å². The van der Waals surface area contributed by atoms with E-state index in [0.717, 1.165) is 16.6 Å². The van der Waals surface area contributed by atoms with E-state index < -0.39 is 0 Å². The lowest BCUT2D eigenvalue weighted by Gasteiger charge is -2.10. The number of benzene rings is 1. The highest BCUT2D eigenvalue weighted by Crippen LogP contribution is 2.26. The predicted molar refractivity (Wildman–Crippen MR) is 98.2 cm³/mol. The lowest BCUT2D eigenvalue weighted by atomic mass is 10.1. The Morgan fingerprint density at radius 3 is 2.65 bits per heavy atom. The molecule has 122 valence electrons. The Balaban J connectivity index is 1.97. The second-order valence-electron chi connectivity index (χ2n) is 5.98. The van der Waals surface area contributed by atoms with Gasteiger partial charge >= 0.3 is 0 Å². The van der Waals surface area contributed by atoms with E-state index in [2.05, 4.69) is 45.4 Å². The summed E-state index contributed by atoms with van der Waals surface area (Å²) in [6.07, 6.45) is 2.56. The summed E-state index contributed by atoms with van der Waals surface area (Å²) in [5, 5.41) is 6.14. The number of aromatic nitrogens is 1. The van der Waals surface area contributed by atoms with Crippen LogP contribution in [0.2, 0.25) is 0 Å². The molecule has 0 spiro atoms. The molecule has 5 heteroatoms. The normalized spacial score (nSPS) is 10.7. The molecule has 1 heterocycles. The van der Waals surface area contributed by atoms with E-state index in [-0.39, 0.29) is 5.91 Å². The molecule has 1 amide bonds. The molecule has 2 rings (SSSR count). The van der Waals surface area contributed by atoms with Crippen molar-refractivity contribution < 1.29 is 4.79 Å². The van der Waals surface area contributed by atoms with E-state index in [1.54, 1.807) is 12.3 Å². The second kappa shape index (κ2) is 8.11. The highest BCUT2D eigenvalue weighted by molar-refractivity contribution is 9.10. The van der Waals surface area contributed by atoms with Crippen LogP contribution in [-0.4, -0.2) is 17.4 Å². The highest BCUT2D eigenvalue weighted by Gasteiger charge is 2.07. The third-order valence-electron chi connectivity index (χ3n) is 3.42. The third kappa shape index (κ3) is 5.36. The number of carbonyl (C=O) groups excluding carboxylic acids is 1. The van der Waals surface area contributed by atoms with Crippen LogP contribution in [0, 0.1) is 12.8 Å². The molecule has 1 aromatic carbocycles. The van der Waals surface area contributed by atoms with Crippen LogP contribution in [0.5, 0.6) is 0 Å². The maximum atomic E-state index is 12.0. The van der Waals surface area contributed by atoms with Gasteiger partial charge in [0, 0.05) is 17.2 Å². The zero-order valence-electron chi connectivity index (χ0n) is 13.7. The molecule has 0 aliphatic rings. The zero-order chi connectivity index (χ0) is 16.8. The van der Waals surface area contributed by atoms with E-state index >= 15 is 0 Å². The first-order valence-electron chi connectivity index (χ1n) is 7.73. The maximum absolute atomic E-state index is 12.0. The molecule has 0 saturated carbocycles. The van der Waals surface area contributed by atoms with Crippen LogP contribution in [0.15, 0.2) is 41.0 Å². The summed E-state index contributed by atoms with van der Waals surface area (Å²) in [6, 6.07) is 9.65. The third-order valence-corrected chi connectivity index (χ3v) is 4.08. The molecular formula is C18H22BrN3O. The summed E-state index contributed by atoms with van der Waals surface area (Å²) in [5.74, 6) is 1.20. The van der Waals surface area contributed by atoms with Crippen molar-refractivity contribution in [2.24, 2.45) is 5.92 Å². The summed E-state index contributed by atoms with van der Waals surface area (Å²) in [6.45, 7) is 7.00. The number of nitrogens with one attached hydrogen (secondary N) is 2. The summed E-state index contributed by atoms with van der Waals surface area (Å²) in [4.78, 5) is 16.3. The van der Waals surface area contributed by atoms with Crippen molar-refractivity contribution in [2.45, 2.75) is 27.2 Å². The number of aryl methyl sites for hydroxylation is 1. The number of pyridine rings is 1. The van der Waals surface area contributed by atoms with Gasteiger partial charge in [0.25, 0.3) is 5.91 Å². The van der Waals surface area contributed by atoms with Crippen LogP contribution in [0.3, 0.4) is 0 Å². The summed E-state index contributed by atoms with van der Waals surface area (Å²) >= 11 is 3.53. The highest BCUT2D eigenvalue weighted by atomic mass is 79.9. The van der Waals surface area contributed by atoms with Crippen molar-refractivity contribution in [3.8, 4) is 0 Å². The molecule has 0 radical (unpaired) electrons. The van der Waals surface area contributed by atoms with Crippen molar-refractivity contribution >= 4 is 33.3 Å². The lowest BCUT2D eigenvalue weighted by Crippen LogP contribution is -2.25. The number of hydrogen-bond donors (Lipinski definition) is 2. The van der Waals surface area contributed by atoms with Crippen molar-refractivity contribution in [2.75, 3.05) is 11.9 Å². The first kappa shape index (κ1) is 17.5. The van der Waals surface area contributed by atoms with Crippen LogP contribution < -0.4 is 10.6 Å². The molecule has 0 bridgehead atoms. The monoisotopic (exact) mass is 375 g/mol. The number of nitrogens with zero attached hydrogens (tertiary/aromatic N) is 1. The zero-order valence-corrected chi connectivity index (χ0v) is 15.3. The average molecular weight is 376 g/mol. The minimum absolute atomic E-state index is 0.0822. The van der Waals surface area contributed by atoms with Gasteiger partial charge in [0.2, 0.25) is 0 Å². The Morgan fingerprint density at radius 1 is 1.26 bits per heavy atom. The average Bonchev–Trinajstić information content (AvgIpc) is 2.50. The molecule has 2 aromatic rings. The largest absolute Gasteiger partial charge is 0.352 e. The number of carbonyl (C=O) groups is 1. The van der Waals surface area contributed by atoms with Gasteiger partial charge in [0.15, 0.2) is 0 Å². The fourth-order valence-corrected chi connectivity index (χ4v) is 2.63. The van der Waals surface area contributed by atoms with Gasteiger partial charge in [0.1, 0.15) is 5.82 Å². The van der Waals surface area contributed by atoms with E-state index in [1.165, 1.54) is 5.56 Å². The second-order valence-corrected chi connectivity index (χ2v) is 6.83. The fraction of sp³-hybridized carbons (Fsp3) is 0.333. The van der Waals surface area contributed by atoms with Gasteiger partial charge in [0.05, 0.1) is 11.3 Å². The molecule has 0 aliphatic heterocycles. The number of rotatable bonds is 6. The number of halogens is 1. The molecule has 23 heavy (non-hydrogen) atoms. The molecular weight excluding hydrogens is 354 g/mol. The van der Waals surface area contributed by atoms with Gasteiger partial charge in [-0.15, -0.1) is 0 Å². The summed E-state index contributed by atoms with van der Waals surface area (Å²) in [7, 11) is 0. The Morgan fingerprint density at radius 2 is 2.04 bits per heavy atom. The Kier molecular flexibility index (Phi) is 6.16. The van der Waals surface area contributed by atoms with Gasteiger partial charge in [-0.2, -0.15) is 0 Å². The number of anilines is 2. The van der Waals surface area contributed by atoms with Gasteiger partial charge in [-0.3, -0.25) is 4.79 Å². The van der Waals surface area contributed by atoms with E-state index in [9.17, 15) is 4.79 Å². The fourth-order valence-electron chi connectivity index (χ4n) is 2.04. The number of hydrogen-bond acceptors (Lipinski definition) is 3.